The summed E-state index contributed by atoms with van der Waals surface area (Å²) in [7, 11) is 4.16. The van der Waals surface area contributed by atoms with Crippen LogP contribution in [0.15, 0.2) is 48.5 Å². The van der Waals surface area contributed by atoms with Crippen molar-refractivity contribution in [2.24, 2.45) is 0 Å². The molecule has 5 heteroatoms. The molecule has 2 aromatic carbocycles. The molecule has 0 aliphatic heterocycles. The molecule has 0 bridgehead atoms. The van der Waals surface area contributed by atoms with E-state index < -0.39 is 5.82 Å². The minimum absolute atomic E-state index is 0.214. The second-order valence-corrected chi connectivity index (χ2v) is 6.25. The number of nitrogens with one attached hydrogen (secondary N) is 2. The maximum absolute atomic E-state index is 13.7. The minimum Gasteiger partial charge on any atom is -0.348 e. The number of carbonyl (C=O) groups is 1. The van der Waals surface area contributed by atoms with Crippen LogP contribution in [0.25, 0.3) is 6.08 Å². The van der Waals surface area contributed by atoms with Gasteiger partial charge < -0.3 is 10.2 Å². The first-order valence-electron chi connectivity index (χ1n) is 7.73. The summed E-state index contributed by atoms with van der Waals surface area (Å²) in [4.78, 5) is 13.3. The third-order valence-corrected chi connectivity index (χ3v) is 3.85. The van der Waals surface area contributed by atoms with Crippen LogP contribution >= 0.6 is 11.6 Å². The van der Waals surface area contributed by atoms with Gasteiger partial charge in [-0.2, -0.15) is 0 Å². The third-order valence-electron chi connectivity index (χ3n) is 3.52. The smallest absolute Gasteiger partial charge is 0.244 e. The topological polar surface area (TPSA) is 33.5 Å². The van der Waals surface area contributed by atoms with E-state index in [4.69, 9.17) is 11.6 Å². The number of rotatable bonds is 6. The van der Waals surface area contributed by atoms with Crippen molar-refractivity contribution in [1.82, 2.24) is 5.32 Å². The molecule has 2 aromatic rings. The van der Waals surface area contributed by atoms with Crippen LogP contribution in [0.2, 0.25) is 5.02 Å². The summed E-state index contributed by atoms with van der Waals surface area (Å²) in [6, 6.07) is 12.4. The molecular weight excluding hydrogens is 327 g/mol. The first-order chi connectivity index (χ1) is 11.5. The van der Waals surface area contributed by atoms with Gasteiger partial charge in [-0.1, -0.05) is 41.9 Å². The van der Waals surface area contributed by atoms with Crippen LogP contribution in [0.4, 0.5) is 4.39 Å². The maximum atomic E-state index is 13.7. The van der Waals surface area contributed by atoms with Crippen molar-refractivity contribution in [3.63, 3.8) is 0 Å². The Kier molecular flexibility index (Phi) is 6.53. The van der Waals surface area contributed by atoms with Gasteiger partial charge in [0, 0.05) is 23.7 Å². The van der Waals surface area contributed by atoms with Gasteiger partial charge in [-0.05, 0) is 23.8 Å². The number of carbonyl (C=O) groups excluding carboxylic acids is 1. The maximum Gasteiger partial charge on any atom is 0.244 e. The third kappa shape index (κ3) is 5.18. The second-order valence-electron chi connectivity index (χ2n) is 5.84. The quantitative estimate of drug-likeness (QED) is 0.773. The molecule has 0 heterocycles. The summed E-state index contributed by atoms with van der Waals surface area (Å²) in [6.07, 6.45) is 2.69. The van der Waals surface area contributed by atoms with E-state index in [-0.39, 0.29) is 16.5 Å². The van der Waals surface area contributed by atoms with Gasteiger partial charge in [-0.15, -0.1) is 0 Å². The number of hydrogen-bond donors (Lipinski definition) is 2. The SMILES string of the molecule is C[NH+](C)Cc1ccccc1CNC(=O)/C=C/c1c(F)cccc1Cl. The summed E-state index contributed by atoms with van der Waals surface area (Å²) in [5, 5.41) is 3.10. The Morgan fingerprint density at radius 3 is 2.54 bits per heavy atom. The molecule has 126 valence electrons. The zero-order chi connectivity index (χ0) is 17.5. The highest BCUT2D eigenvalue weighted by Gasteiger charge is 2.07. The molecular formula is C19H21ClFN2O+. The molecule has 0 saturated heterocycles. The summed E-state index contributed by atoms with van der Waals surface area (Å²) < 4.78 is 13.7. The Bertz CT molecular complexity index is 724. The van der Waals surface area contributed by atoms with Crippen molar-refractivity contribution in [1.29, 1.82) is 0 Å². The molecule has 1 amide bonds. The van der Waals surface area contributed by atoms with Crippen molar-refractivity contribution in [2.45, 2.75) is 13.1 Å². The minimum atomic E-state index is -0.453. The van der Waals surface area contributed by atoms with Crippen LogP contribution in [0.5, 0.6) is 0 Å². The first-order valence-corrected chi connectivity index (χ1v) is 8.11. The lowest BCUT2D eigenvalue weighted by Crippen LogP contribution is -3.04. The number of benzene rings is 2. The van der Waals surface area contributed by atoms with Crippen LogP contribution < -0.4 is 10.2 Å². The molecule has 2 rings (SSSR count). The van der Waals surface area contributed by atoms with E-state index in [1.54, 1.807) is 6.07 Å². The highest BCUT2D eigenvalue weighted by atomic mass is 35.5. The Morgan fingerprint density at radius 1 is 1.17 bits per heavy atom. The van der Waals surface area contributed by atoms with Gasteiger partial charge in [-0.3, -0.25) is 4.79 Å². The van der Waals surface area contributed by atoms with Crippen molar-refractivity contribution in [3.05, 3.63) is 76.1 Å². The lowest BCUT2D eigenvalue weighted by molar-refractivity contribution is -0.872. The molecule has 2 N–H and O–H groups in total. The Morgan fingerprint density at radius 2 is 1.88 bits per heavy atom. The molecule has 0 spiro atoms. The number of halogens is 2. The van der Waals surface area contributed by atoms with Crippen LogP contribution in [0, 0.1) is 5.82 Å². The van der Waals surface area contributed by atoms with Gasteiger partial charge in [0.2, 0.25) is 5.91 Å². The highest BCUT2D eigenvalue weighted by Crippen LogP contribution is 2.20. The van der Waals surface area contributed by atoms with Crippen molar-refractivity contribution < 1.29 is 14.1 Å². The van der Waals surface area contributed by atoms with Crippen LogP contribution in [-0.2, 0) is 17.9 Å². The molecule has 3 nitrogen and oxygen atoms in total. The van der Waals surface area contributed by atoms with Crippen molar-refractivity contribution in [3.8, 4) is 0 Å². The zero-order valence-electron chi connectivity index (χ0n) is 13.8. The van der Waals surface area contributed by atoms with E-state index in [1.807, 2.05) is 18.2 Å². The summed E-state index contributed by atoms with van der Waals surface area (Å²) in [5.41, 5.74) is 2.48. The van der Waals surface area contributed by atoms with E-state index in [2.05, 4.69) is 25.5 Å². The molecule has 0 radical (unpaired) electrons. The average molecular weight is 348 g/mol. The van der Waals surface area contributed by atoms with Gasteiger partial charge in [0.05, 0.1) is 19.1 Å². The fourth-order valence-electron chi connectivity index (χ4n) is 2.35. The largest absolute Gasteiger partial charge is 0.348 e. The highest BCUT2D eigenvalue weighted by molar-refractivity contribution is 6.32. The molecule has 24 heavy (non-hydrogen) atoms. The number of amides is 1. The monoisotopic (exact) mass is 347 g/mol. The standard InChI is InChI=1S/C19H20ClFN2O/c1-23(2)13-15-7-4-3-6-14(15)12-22-19(24)11-10-16-17(20)8-5-9-18(16)21/h3-11H,12-13H2,1-2H3,(H,22,24)/p+1/b11-10+. The van der Waals surface area contributed by atoms with Crippen LogP contribution in [0.1, 0.15) is 16.7 Å². The van der Waals surface area contributed by atoms with Gasteiger partial charge in [0.1, 0.15) is 12.4 Å². The van der Waals surface area contributed by atoms with E-state index >= 15 is 0 Å². The van der Waals surface area contributed by atoms with E-state index in [1.165, 1.54) is 34.7 Å². The summed E-state index contributed by atoms with van der Waals surface area (Å²) in [6.45, 7) is 1.31. The number of hydrogen-bond acceptors (Lipinski definition) is 1. The predicted molar refractivity (Wildman–Crippen MR) is 95.2 cm³/mol. The normalized spacial score (nSPS) is 11.2. The Labute approximate surface area is 146 Å². The van der Waals surface area contributed by atoms with Crippen molar-refractivity contribution >= 4 is 23.6 Å². The molecule has 0 atom stereocenters. The van der Waals surface area contributed by atoms with Crippen molar-refractivity contribution in [2.75, 3.05) is 14.1 Å². The Balaban J connectivity index is 2.00. The van der Waals surface area contributed by atoms with Crippen LogP contribution in [0.3, 0.4) is 0 Å². The lowest BCUT2D eigenvalue weighted by atomic mass is 10.1. The van der Waals surface area contributed by atoms with Gasteiger partial charge in [0.25, 0.3) is 0 Å². The predicted octanol–water partition coefficient (Wildman–Crippen LogP) is 2.45. The van der Waals surface area contributed by atoms with Gasteiger partial charge in [-0.25, -0.2) is 4.39 Å². The fourth-order valence-corrected chi connectivity index (χ4v) is 2.58. The van der Waals surface area contributed by atoms with E-state index in [0.717, 1.165) is 12.1 Å². The Hall–Kier alpha value is -2.17. The molecule has 0 unspecified atom stereocenters. The molecule has 0 aromatic heterocycles. The molecule has 0 aliphatic rings. The number of quaternary nitrogens is 1. The van der Waals surface area contributed by atoms with Crippen LogP contribution in [-0.4, -0.2) is 20.0 Å². The summed E-state index contributed by atoms with van der Waals surface area (Å²) >= 11 is 5.93. The fraction of sp³-hybridized carbons (Fsp3) is 0.211. The van der Waals surface area contributed by atoms with E-state index in [9.17, 15) is 9.18 Å². The summed E-state index contributed by atoms with van der Waals surface area (Å²) in [5.74, 6) is -0.743. The van der Waals surface area contributed by atoms with Gasteiger partial charge >= 0.3 is 0 Å². The molecule has 0 saturated carbocycles. The zero-order valence-corrected chi connectivity index (χ0v) is 14.5. The molecule has 0 fully saturated rings. The average Bonchev–Trinajstić information content (AvgIpc) is 2.53. The van der Waals surface area contributed by atoms with E-state index in [0.29, 0.717) is 6.54 Å². The van der Waals surface area contributed by atoms with Gasteiger partial charge in [0.15, 0.2) is 0 Å². The lowest BCUT2D eigenvalue weighted by Gasteiger charge is -2.12. The first kappa shape index (κ1) is 18.2. The molecule has 0 aliphatic carbocycles. The second kappa shape index (κ2) is 8.62.